The summed E-state index contributed by atoms with van der Waals surface area (Å²) < 4.78 is 2.24. The predicted octanol–water partition coefficient (Wildman–Crippen LogP) is 1.57. The number of carbonyl (C=O) groups excluding carboxylic acids is 1. The summed E-state index contributed by atoms with van der Waals surface area (Å²) in [5.74, 6) is 0.105. The molecule has 5 nitrogen and oxygen atoms in total. The van der Waals surface area contributed by atoms with Gasteiger partial charge in [-0.15, -0.1) is 0 Å². The smallest absolute Gasteiger partial charge is 0.234 e. The first-order valence-electron chi connectivity index (χ1n) is 7.16. The van der Waals surface area contributed by atoms with Crippen LogP contribution in [-0.2, 0) is 11.3 Å². The maximum atomic E-state index is 11.7. The quantitative estimate of drug-likeness (QED) is 0.725. The van der Waals surface area contributed by atoms with Gasteiger partial charge in [0.05, 0.1) is 18.6 Å². The average Bonchev–Trinajstić information content (AvgIpc) is 3.11. The van der Waals surface area contributed by atoms with Gasteiger partial charge in [-0.3, -0.25) is 9.69 Å². The van der Waals surface area contributed by atoms with E-state index in [-0.39, 0.29) is 5.91 Å². The monoisotopic (exact) mass is 264 g/mol. The molecule has 1 aliphatic rings. The highest BCUT2D eigenvalue weighted by atomic mass is 16.2. The zero-order chi connectivity index (χ0) is 13.7. The fourth-order valence-corrected chi connectivity index (χ4v) is 2.17. The van der Waals surface area contributed by atoms with Gasteiger partial charge < -0.3 is 9.88 Å². The average molecular weight is 264 g/mol. The van der Waals surface area contributed by atoms with Crippen molar-refractivity contribution in [2.45, 2.75) is 45.2 Å². The van der Waals surface area contributed by atoms with Crippen LogP contribution in [0.4, 0.5) is 0 Å². The zero-order valence-corrected chi connectivity index (χ0v) is 11.9. The lowest BCUT2D eigenvalue weighted by Gasteiger charge is -2.17. The fourth-order valence-electron chi connectivity index (χ4n) is 2.17. The van der Waals surface area contributed by atoms with Crippen molar-refractivity contribution in [3.63, 3.8) is 0 Å². The first kappa shape index (κ1) is 14.1. The fraction of sp³-hybridized carbons (Fsp3) is 0.714. The Morgan fingerprint density at radius 3 is 3.05 bits per heavy atom. The van der Waals surface area contributed by atoms with Crippen molar-refractivity contribution in [1.29, 1.82) is 0 Å². The van der Waals surface area contributed by atoms with E-state index in [1.165, 1.54) is 18.5 Å². The lowest BCUT2D eigenvalue weighted by Crippen LogP contribution is -2.35. The zero-order valence-electron chi connectivity index (χ0n) is 11.9. The molecule has 1 saturated carbocycles. The van der Waals surface area contributed by atoms with Crippen LogP contribution in [0.1, 0.15) is 44.3 Å². The van der Waals surface area contributed by atoms with Crippen molar-refractivity contribution < 1.29 is 4.79 Å². The van der Waals surface area contributed by atoms with E-state index in [0.717, 1.165) is 25.9 Å². The predicted molar refractivity (Wildman–Crippen MR) is 74.7 cm³/mol. The summed E-state index contributed by atoms with van der Waals surface area (Å²) in [5, 5.41) is 2.94. The summed E-state index contributed by atoms with van der Waals surface area (Å²) in [4.78, 5) is 18.0. The van der Waals surface area contributed by atoms with Gasteiger partial charge in [0.15, 0.2) is 0 Å². The van der Waals surface area contributed by atoms with Crippen molar-refractivity contribution in [1.82, 2.24) is 19.8 Å². The summed E-state index contributed by atoms with van der Waals surface area (Å²) in [6.45, 7) is 4.12. The molecule has 0 radical (unpaired) electrons. The van der Waals surface area contributed by atoms with Crippen molar-refractivity contribution >= 4 is 5.91 Å². The Morgan fingerprint density at radius 1 is 1.58 bits per heavy atom. The lowest BCUT2D eigenvalue weighted by atomic mass is 10.3. The summed E-state index contributed by atoms with van der Waals surface area (Å²) >= 11 is 0. The molecule has 0 aliphatic heterocycles. The Labute approximate surface area is 115 Å². The molecule has 0 bridgehead atoms. The van der Waals surface area contributed by atoms with Crippen LogP contribution >= 0.6 is 0 Å². The summed E-state index contributed by atoms with van der Waals surface area (Å²) in [7, 11) is 1.98. The van der Waals surface area contributed by atoms with Crippen LogP contribution in [0.15, 0.2) is 12.5 Å². The molecular formula is C14H24N4O. The molecule has 0 saturated heterocycles. The molecule has 2 rings (SSSR count). The van der Waals surface area contributed by atoms with Gasteiger partial charge in [0, 0.05) is 25.3 Å². The third-order valence-corrected chi connectivity index (χ3v) is 3.38. The van der Waals surface area contributed by atoms with Gasteiger partial charge >= 0.3 is 0 Å². The number of nitrogens with zero attached hydrogens (tertiary/aromatic N) is 3. The molecule has 1 aromatic rings. The van der Waals surface area contributed by atoms with Crippen LogP contribution < -0.4 is 5.32 Å². The highest BCUT2D eigenvalue weighted by Crippen LogP contribution is 2.35. The number of carbonyl (C=O) groups is 1. The highest BCUT2D eigenvalue weighted by molar-refractivity contribution is 5.77. The Bertz CT molecular complexity index is 411. The highest BCUT2D eigenvalue weighted by Gasteiger charge is 2.25. The summed E-state index contributed by atoms with van der Waals surface area (Å²) in [6.07, 6.45) is 8.47. The minimum Gasteiger partial charge on any atom is -0.355 e. The number of hydrogen-bond donors (Lipinski definition) is 1. The lowest BCUT2D eigenvalue weighted by molar-refractivity contribution is -0.122. The van der Waals surface area contributed by atoms with Crippen LogP contribution in [0.3, 0.4) is 0 Å². The van der Waals surface area contributed by atoms with Crippen molar-refractivity contribution in [3.8, 4) is 0 Å². The number of hydrogen-bond acceptors (Lipinski definition) is 3. The topological polar surface area (TPSA) is 50.2 Å². The second kappa shape index (κ2) is 6.70. The van der Waals surface area contributed by atoms with E-state index < -0.39 is 0 Å². The van der Waals surface area contributed by atoms with Crippen LogP contribution in [-0.4, -0.2) is 40.5 Å². The second-order valence-electron chi connectivity index (χ2n) is 5.40. The number of likely N-dealkylation sites (N-methyl/N-ethyl adjacent to an activating group) is 1. The van der Waals surface area contributed by atoms with Crippen LogP contribution in [0, 0.1) is 0 Å². The third kappa shape index (κ3) is 4.35. The molecular weight excluding hydrogens is 240 g/mol. The van der Waals surface area contributed by atoms with E-state index >= 15 is 0 Å². The molecule has 0 unspecified atom stereocenters. The number of nitrogens with one attached hydrogen (secondary N) is 1. The van der Waals surface area contributed by atoms with Crippen LogP contribution in [0.5, 0.6) is 0 Å². The Kier molecular flexibility index (Phi) is 4.96. The molecule has 0 atom stereocenters. The van der Waals surface area contributed by atoms with Crippen molar-refractivity contribution in [2.75, 3.05) is 20.1 Å². The Hall–Kier alpha value is -1.36. The molecule has 1 heterocycles. The van der Waals surface area contributed by atoms with Crippen LogP contribution in [0.2, 0.25) is 0 Å². The maximum Gasteiger partial charge on any atom is 0.234 e. The molecule has 0 spiro atoms. The number of imidazole rings is 1. The maximum absolute atomic E-state index is 11.7. The summed E-state index contributed by atoms with van der Waals surface area (Å²) in [6, 6.07) is 0.643. The van der Waals surface area contributed by atoms with E-state index in [1.54, 1.807) is 0 Å². The third-order valence-electron chi connectivity index (χ3n) is 3.38. The number of unbranched alkanes of at least 4 members (excludes halogenated alkanes) is 1. The first-order chi connectivity index (χ1) is 9.20. The van der Waals surface area contributed by atoms with Gasteiger partial charge in [-0.1, -0.05) is 13.3 Å². The molecule has 1 aromatic heterocycles. The SMILES string of the molecule is CCCCNC(=O)CN(C)Cc1cncn1C1CC1. The molecule has 0 aromatic carbocycles. The van der Waals surface area contributed by atoms with Gasteiger partial charge in [0.25, 0.3) is 0 Å². The van der Waals surface area contributed by atoms with E-state index in [2.05, 4.69) is 21.8 Å². The van der Waals surface area contributed by atoms with E-state index in [4.69, 9.17) is 0 Å². The molecule has 106 valence electrons. The number of rotatable bonds is 8. The van der Waals surface area contributed by atoms with Gasteiger partial charge in [-0.25, -0.2) is 4.98 Å². The normalized spacial score (nSPS) is 14.9. The molecule has 19 heavy (non-hydrogen) atoms. The van der Waals surface area contributed by atoms with E-state index in [0.29, 0.717) is 12.6 Å². The van der Waals surface area contributed by atoms with Gasteiger partial charge in [-0.2, -0.15) is 0 Å². The second-order valence-corrected chi connectivity index (χ2v) is 5.40. The number of aromatic nitrogens is 2. The molecule has 5 heteroatoms. The van der Waals surface area contributed by atoms with Gasteiger partial charge in [0.1, 0.15) is 0 Å². The van der Waals surface area contributed by atoms with E-state index in [1.807, 2.05) is 24.5 Å². The standard InChI is InChI=1S/C14H24N4O/c1-3-4-7-16-14(19)10-17(2)9-13-8-15-11-18(13)12-5-6-12/h8,11-12H,3-7,9-10H2,1-2H3,(H,16,19). The van der Waals surface area contributed by atoms with Gasteiger partial charge in [-0.05, 0) is 26.3 Å². The van der Waals surface area contributed by atoms with Crippen molar-refractivity contribution in [3.05, 3.63) is 18.2 Å². The van der Waals surface area contributed by atoms with Crippen molar-refractivity contribution in [2.24, 2.45) is 0 Å². The minimum absolute atomic E-state index is 0.105. The van der Waals surface area contributed by atoms with E-state index in [9.17, 15) is 4.79 Å². The molecule has 1 amide bonds. The van der Waals surface area contributed by atoms with Gasteiger partial charge in [0.2, 0.25) is 5.91 Å². The largest absolute Gasteiger partial charge is 0.355 e. The first-order valence-corrected chi connectivity index (χ1v) is 7.16. The summed E-state index contributed by atoms with van der Waals surface area (Å²) in [5.41, 5.74) is 1.20. The number of amides is 1. The Morgan fingerprint density at radius 2 is 2.37 bits per heavy atom. The minimum atomic E-state index is 0.105. The van der Waals surface area contributed by atoms with Crippen LogP contribution in [0.25, 0.3) is 0 Å². The molecule has 1 N–H and O–H groups in total. The Balaban J connectivity index is 1.75. The molecule has 1 fully saturated rings. The molecule has 1 aliphatic carbocycles.